The molecule has 0 aliphatic carbocycles. The smallest absolute Gasteiger partial charge is 0.266 e. The van der Waals surface area contributed by atoms with Gasteiger partial charge in [0.15, 0.2) is 0 Å². The number of nitrogens with zero attached hydrogens (tertiary/aromatic N) is 2. The fourth-order valence-electron chi connectivity index (χ4n) is 2.70. The van der Waals surface area contributed by atoms with Gasteiger partial charge in [-0.25, -0.2) is 0 Å². The summed E-state index contributed by atoms with van der Waals surface area (Å²) in [5.41, 5.74) is 4.98. The number of anilines is 2. The number of rotatable bonds is 6. The van der Waals surface area contributed by atoms with E-state index in [1.54, 1.807) is 6.08 Å². The van der Waals surface area contributed by atoms with Gasteiger partial charge in [-0.3, -0.25) is 4.79 Å². The number of benzene rings is 2. The molecule has 2 aromatic carbocycles. The summed E-state index contributed by atoms with van der Waals surface area (Å²) in [5.74, 6) is -0.399. The lowest BCUT2D eigenvalue weighted by Gasteiger charge is -2.20. The van der Waals surface area contributed by atoms with Crippen molar-refractivity contribution in [2.45, 2.75) is 27.7 Å². The van der Waals surface area contributed by atoms with Gasteiger partial charge in [0.2, 0.25) is 0 Å². The quantitative estimate of drug-likeness (QED) is 0.609. The van der Waals surface area contributed by atoms with Gasteiger partial charge in [-0.15, -0.1) is 0 Å². The fraction of sp³-hybridized carbons (Fsp3) is 0.273. The molecule has 0 bridgehead atoms. The van der Waals surface area contributed by atoms with Gasteiger partial charge in [0.05, 0.1) is 0 Å². The molecule has 4 nitrogen and oxygen atoms in total. The Hall–Kier alpha value is -3.06. The SMILES string of the molecule is CCN(CC)c1ccc(C=C(C#N)C(=O)Nc2ccc(C)c(C)c2)cc1. The van der Waals surface area contributed by atoms with Crippen LogP contribution in [-0.2, 0) is 4.79 Å². The van der Waals surface area contributed by atoms with Crippen LogP contribution in [0.25, 0.3) is 6.08 Å². The summed E-state index contributed by atoms with van der Waals surface area (Å²) in [6.07, 6.45) is 1.61. The Morgan fingerprint density at radius 2 is 1.73 bits per heavy atom. The van der Waals surface area contributed by atoms with Crippen LogP contribution in [0.5, 0.6) is 0 Å². The molecule has 0 saturated heterocycles. The number of nitrogens with one attached hydrogen (secondary N) is 1. The van der Waals surface area contributed by atoms with Crippen LogP contribution < -0.4 is 10.2 Å². The Balaban J connectivity index is 2.17. The second-order valence-electron chi connectivity index (χ2n) is 6.19. The number of carbonyl (C=O) groups is 1. The molecule has 0 radical (unpaired) electrons. The second-order valence-corrected chi connectivity index (χ2v) is 6.19. The van der Waals surface area contributed by atoms with Crippen molar-refractivity contribution in [2.75, 3.05) is 23.3 Å². The minimum absolute atomic E-state index is 0.0822. The van der Waals surface area contributed by atoms with E-state index in [0.29, 0.717) is 5.69 Å². The highest BCUT2D eigenvalue weighted by molar-refractivity contribution is 6.09. The van der Waals surface area contributed by atoms with Crippen LogP contribution in [0, 0.1) is 25.2 Å². The fourth-order valence-corrected chi connectivity index (χ4v) is 2.70. The van der Waals surface area contributed by atoms with E-state index in [9.17, 15) is 10.1 Å². The van der Waals surface area contributed by atoms with Crippen LogP contribution in [-0.4, -0.2) is 19.0 Å². The Bertz CT molecular complexity index is 841. The zero-order valence-electron chi connectivity index (χ0n) is 15.8. The minimum Gasteiger partial charge on any atom is -0.372 e. The highest BCUT2D eigenvalue weighted by Crippen LogP contribution is 2.18. The van der Waals surface area contributed by atoms with Crippen LogP contribution in [0.1, 0.15) is 30.5 Å². The number of aryl methyl sites for hydroxylation is 2. The lowest BCUT2D eigenvalue weighted by Crippen LogP contribution is -2.21. The molecule has 0 spiro atoms. The van der Waals surface area contributed by atoms with Crippen LogP contribution in [0.2, 0.25) is 0 Å². The zero-order valence-corrected chi connectivity index (χ0v) is 15.8. The summed E-state index contributed by atoms with van der Waals surface area (Å²) in [7, 11) is 0. The normalized spacial score (nSPS) is 11.0. The zero-order chi connectivity index (χ0) is 19.1. The van der Waals surface area contributed by atoms with Crippen molar-refractivity contribution >= 4 is 23.4 Å². The van der Waals surface area contributed by atoms with E-state index >= 15 is 0 Å². The third kappa shape index (κ3) is 4.73. The first-order chi connectivity index (χ1) is 12.5. The number of hydrogen-bond donors (Lipinski definition) is 1. The van der Waals surface area contributed by atoms with Gasteiger partial charge in [0.1, 0.15) is 11.6 Å². The maximum absolute atomic E-state index is 12.4. The van der Waals surface area contributed by atoms with Crippen molar-refractivity contribution in [3.63, 3.8) is 0 Å². The van der Waals surface area contributed by atoms with Crippen LogP contribution in [0.3, 0.4) is 0 Å². The third-order valence-electron chi connectivity index (χ3n) is 4.46. The molecule has 134 valence electrons. The van der Waals surface area contributed by atoms with Gasteiger partial charge < -0.3 is 10.2 Å². The van der Waals surface area contributed by atoms with E-state index in [0.717, 1.165) is 35.5 Å². The van der Waals surface area contributed by atoms with E-state index < -0.39 is 5.91 Å². The van der Waals surface area contributed by atoms with E-state index in [-0.39, 0.29) is 5.57 Å². The van der Waals surface area contributed by atoms with Gasteiger partial charge in [-0.1, -0.05) is 18.2 Å². The first-order valence-corrected chi connectivity index (χ1v) is 8.83. The van der Waals surface area contributed by atoms with Gasteiger partial charge in [-0.2, -0.15) is 5.26 Å². The Kier molecular flexibility index (Phi) is 6.57. The molecular formula is C22H25N3O. The lowest BCUT2D eigenvalue weighted by atomic mass is 10.1. The molecule has 1 N–H and O–H groups in total. The van der Waals surface area contributed by atoms with E-state index in [2.05, 4.69) is 24.1 Å². The third-order valence-corrected chi connectivity index (χ3v) is 4.46. The standard InChI is InChI=1S/C22H25N3O/c1-5-25(6-2)21-11-8-18(9-12-21)14-19(15-23)22(26)24-20-10-7-16(3)17(4)13-20/h7-14H,5-6H2,1-4H3,(H,24,26). The minimum atomic E-state index is -0.399. The molecule has 0 heterocycles. The molecule has 4 heteroatoms. The van der Waals surface area contributed by atoms with Crippen LogP contribution in [0.4, 0.5) is 11.4 Å². The molecule has 0 fully saturated rings. The van der Waals surface area contributed by atoms with Crippen molar-refractivity contribution in [1.29, 1.82) is 5.26 Å². The highest BCUT2D eigenvalue weighted by Gasteiger charge is 2.10. The van der Waals surface area contributed by atoms with E-state index in [1.165, 1.54) is 0 Å². The largest absolute Gasteiger partial charge is 0.372 e. The number of hydrogen-bond acceptors (Lipinski definition) is 3. The molecule has 2 aromatic rings. The number of nitriles is 1. The van der Waals surface area contributed by atoms with Crippen molar-refractivity contribution in [3.8, 4) is 6.07 Å². The van der Waals surface area contributed by atoms with Gasteiger partial charge in [0.25, 0.3) is 5.91 Å². The van der Waals surface area contributed by atoms with Crippen molar-refractivity contribution in [3.05, 3.63) is 64.7 Å². The van der Waals surface area contributed by atoms with Gasteiger partial charge >= 0.3 is 0 Å². The summed E-state index contributed by atoms with van der Waals surface area (Å²) < 4.78 is 0. The van der Waals surface area contributed by atoms with E-state index in [1.807, 2.05) is 62.4 Å². The molecule has 0 aromatic heterocycles. The summed E-state index contributed by atoms with van der Waals surface area (Å²) in [4.78, 5) is 14.6. The summed E-state index contributed by atoms with van der Waals surface area (Å²) in [5, 5.41) is 12.2. The maximum Gasteiger partial charge on any atom is 0.266 e. The molecule has 0 atom stereocenters. The first-order valence-electron chi connectivity index (χ1n) is 8.83. The van der Waals surface area contributed by atoms with Crippen molar-refractivity contribution in [1.82, 2.24) is 0 Å². The highest BCUT2D eigenvalue weighted by atomic mass is 16.1. The first kappa shape index (κ1) is 19.3. The van der Waals surface area contributed by atoms with Crippen molar-refractivity contribution < 1.29 is 4.79 Å². The summed E-state index contributed by atoms with van der Waals surface area (Å²) in [6, 6.07) is 15.6. The molecule has 0 aliphatic heterocycles. The molecule has 0 unspecified atom stereocenters. The Morgan fingerprint density at radius 3 is 2.27 bits per heavy atom. The monoisotopic (exact) mass is 347 g/mol. The summed E-state index contributed by atoms with van der Waals surface area (Å²) >= 11 is 0. The average Bonchev–Trinajstić information content (AvgIpc) is 2.64. The summed E-state index contributed by atoms with van der Waals surface area (Å²) in [6.45, 7) is 10.1. The van der Waals surface area contributed by atoms with Gasteiger partial charge in [0, 0.05) is 24.5 Å². The van der Waals surface area contributed by atoms with E-state index in [4.69, 9.17) is 0 Å². The number of carbonyl (C=O) groups excluding carboxylic acids is 1. The molecule has 26 heavy (non-hydrogen) atoms. The van der Waals surface area contributed by atoms with Crippen LogP contribution in [0.15, 0.2) is 48.0 Å². The van der Waals surface area contributed by atoms with Crippen molar-refractivity contribution in [2.24, 2.45) is 0 Å². The Morgan fingerprint density at radius 1 is 1.08 bits per heavy atom. The van der Waals surface area contributed by atoms with Crippen LogP contribution >= 0.6 is 0 Å². The molecule has 0 aliphatic rings. The maximum atomic E-state index is 12.4. The molecule has 2 rings (SSSR count). The predicted octanol–water partition coefficient (Wildman–Crippen LogP) is 4.70. The number of amides is 1. The molecular weight excluding hydrogens is 322 g/mol. The topological polar surface area (TPSA) is 56.1 Å². The average molecular weight is 347 g/mol. The predicted molar refractivity (Wildman–Crippen MR) is 108 cm³/mol. The lowest BCUT2D eigenvalue weighted by molar-refractivity contribution is -0.112. The van der Waals surface area contributed by atoms with Gasteiger partial charge in [-0.05, 0) is 74.7 Å². The Labute approximate surface area is 155 Å². The molecule has 0 saturated carbocycles. The second kappa shape index (κ2) is 8.87. The molecule has 1 amide bonds.